The molecule has 0 aromatic heterocycles. The predicted molar refractivity (Wildman–Crippen MR) is 44.6 cm³/mol. The van der Waals surface area contributed by atoms with Crippen molar-refractivity contribution in [2.45, 2.75) is 12.5 Å². The lowest BCUT2D eigenvalue weighted by Crippen LogP contribution is -2.39. The summed E-state index contributed by atoms with van der Waals surface area (Å²) in [7, 11) is 3.16. The van der Waals surface area contributed by atoms with Crippen LogP contribution in [0.2, 0.25) is 0 Å². The highest BCUT2D eigenvalue weighted by Gasteiger charge is 2.34. The Labute approximate surface area is 73.8 Å². The zero-order chi connectivity index (χ0) is 9.30. The fraction of sp³-hybridized carbons (Fsp3) is 0.833. The van der Waals surface area contributed by atoms with Crippen LogP contribution in [0.4, 0.5) is 0 Å². The molecule has 12 heavy (non-hydrogen) atoms. The topological polar surface area (TPSA) is 60.9 Å². The highest BCUT2D eigenvalue weighted by molar-refractivity contribution is 7.76. The van der Waals surface area contributed by atoms with Crippen LogP contribution in [0.3, 0.4) is 0 Å². The fourth-order valence-electron chi connectivity index (χ4n) is 1.25. The molecule has 1 fully saturated rings. The number of hydrogen-bond acceptors (Lipinski definition) is 2. The predicted octanol–water partition coefficient (Wildman–Crippen LogP) is -0.714. The van der Waals surface area contributed by atoms with E-state index in [-0.39, 0.29) is 5.91 Å². The van der Waals surface area contributed by atoms with E-state index >= 15 is 0 Å². The molecule has 0 aromatic carbocycles. The van der Waals surface area contributed by atoms with Crippen LogP contribution in [0, 0.1) is 0 Å². The molecule has 1 rings (SSSR count). The molecule has 0 radical (unpaired) electrons. The van der Waals surface area contributed by atoms with Crippen LogP contribution < -0.4 is 0 Å². The number of hydrogen-bond donors (Lipinski definition) is 1. The Hall–Kier alpha value is -0.460. The van der Waals surface area contributed by atoms with Crippen molar-refractivity contribution >= 4 is 17.2 Å². The first kappa shape index (κ1) is 9.63. The van der Waals surface area contributed by atoms with Crippen molar-refractivity contribution in [3.05, 3.63) is 0 Å². The van der Waals surface area contributed by atoms with Gasteiger partial charge in [0, 0.05) is 20.6 Å². The van der Waals surface area contributed by atoms with E-state index in [1.807, 2.05) is 0 Å². The number of likely N-dealkylation sites (N-methyl/N-ethyl adjacent to an activating group) is 2. The van der Waals surface area contributed by atoms with Crippen molar-refractivity contribution in [1.82, 2.24) is 9.21 Å². The van der Waals surface area contributed by atoms with Gasteiger partial charge in [-0.05, 0) is 6.42 Å². The molecule has 1 aliphatic rings. The first-order valence-corrected chi connectivity index (χ1v) is 4.69. The Kier molecular flexibility index (Phi) is 2.81. The maximum absolute atomic E-state index is 11.3. The Morgan fingerprint density at radius 3 is 2.67 bits per heavy atom. The smallest absolute Gasteiger partial charge is 0.240 e. The quantitative estimate of drug-likeness (QED) is 0.588. The first-order chi connectivity index (χ1) is 5.54. The Morgan fingerprint density at radius 1 is 1.75 bits per heavy atom. The lowest BCUT2D eigenvalue weighted by Gasteiger charge is -2.17. The Morgan fingerprint density at radius 2 is 2.33 bits per heavy atom. The Balaban J connectivity index is 2.65. The van der Waals surface area contributed by atoms with E-state index in [4.69, 9.17) is 4.55 Å². The van der Waals surface area contributed by atoms with Gasteiger partial charge in [0.05, 0.1) is 0 Å². The van der Waals surface area contributed by atoms with Crippen LogP contribution in [-0.2, 0) is 16.1 Å². The fourth-order valence-corrected chi connectivity index (χ4v) is 1.66. The number of carbonyl (C=O) groups excluding carboxylic acids is 1. The highest BCUT2D eigenvalue weighted by Crippen LogP contribution is 2.14. The molecule has 6 heteroatoms. The van der Waals surface area contributed by atoms with Crippen LogP contribution >= 0.6 is 0 Å². The molecule has 5 nitrogen and oxygen atoms in total. The molecule has 0 aliphatic carbocycles. The standard InChI is InChI=1S/C6H12N2O3S/c1-7-4-3-5(6(7)9)8(2)12(10)11/h5H,3-4H2,1-2H3,(H,10,11)/t5-/m0/s1. The molecule has 0 bridgehead atoms. The number of amides is 1. The van der Waals surface area contributed by atoms with Crippen molar-refractivity contribution in [2.24, 2.45) is 0 Å². The molecule has 1 unspecified atom stereocenters. The molecular formula is C6H12N2O3S. The summed E-state index contributed by atoms with van der Waals surface area (Å²) in [6.07, 6.45) is 0.623. The van der Waals surface area contributed by atoms with Gasteiger partial charge in [0.15, 0.2) is 0 Å². The van der Waals surface area contributed by atoms with Crippen LogP contribution in [0.25, 0.3) is 0 Å². The number of rotatable bonds is 2. The molecule has 1 amide bonds. The van der Waals surface area contributed by atoms with E-state index in [2.05, 4.69) is 0 Å². The monoisotopic (exact) mass is 192 g/mol. The van der Waals surface area contributed by atoms with Gasteiger partial charge in [0.25, 0.3) is 0 Å². The second-order valence-electron chi connectivity index (χ2n) is 2.84. The van der Waals surface area contributed by atoms with Crippen molar-refractivity contribution in [2.75, 3.05) is 20.6 Å². The molecule has 70 valence electrons. The SMILES string of the molecule is CN1CC[C@H](N(C)S(=O)O)C1=O. The van der Waals surface area contributed by atoms with Gasteiger partial charge in [-0.1, -0.05) is 0 Å². The van der Waals surface area contributed by atoms with Crippen LogP contribution in [0.1, 0.15) is 6.42 Å². The number of likely N-dealkylation sites (tertiary alicyclic amines) is 1. The molecule has 1 aliphatic heterocycles. The molecule has 0 saturated carbocycles. The third-order valence-corrected chi connectivity index (χ3v) is 2.83. The van der Waals surface area contributed by atoms with Gasteiger partial charge in [-0.25, -0.2) is 4.21 Å². The normalized spacial score (nSPS) is 26.8. The summed E-state index contributed by atoms with van der Waals surface area (Å²) in [4.78, 5) is 12.9. The van der Waals surface area contributed by atoms with Gasteiger partial charge in [-0.2, -0.15) is 4.31 Å². The van der Waals surface area contributed by atoms with E-state index in [1.165, 1.54) is 11.4 Å². The summed E-state index contributed by atoms with van der Waals surface area (Å²) in [5.74, 6) is -0.0834. The average molecular weight is 192 g/mol. The third-order valence-electron chi connectivity index (χ3n) is 2.08. The lowest BCUT2D eigenvalue weighted by molar-refractivity contribution is -0.129. The van der Waals surface area contributed by atoms with Crippen molar-refractivity contribution in [3.8, 4) is 0 Å². The van der Waals surface area contributed by atoms with E-state index in [9.17, 15) is 9.00 Å². The van der Waals surface area contributed by atoms with Crippen molar-refractivity contribution in [3.63, 3.8) is 0 Å². The van der Waals surface area contributed by atoms with Crippen molar-refractivity contribution in [1.29, 1.82) is 0 Å². The van der Waals surface area contributed by atoms with Gasteiger partial charge in [0.2, 0.25) is 17.2 Å². The zero-order valence-electron chi connectivity index (χ0n) is 7.06. The first-order valence-electron chi connectivity index (χ1n) is 3.63. The summed E-state index contributed by atoms with van der Waals surface area (Å²) in [5.41, 5.74) is 0. The van der Waals surface area contributed by atoms with E-state index in [0.29, 0.717) is 13.0 Å². The second kappa shape index (κ2) is 3.51. The lowest BCUT2D eigenvalue weighted by atomic mass is 10.3. The minimum atomic E-state index is -2.05. The van der Waals surface area contributed by atoms with Crippen molar-refractivity contribution < 1.29 is 13.6 Å². The molecular weight excluding hydrogens is 180 g/mol. The number of nitrogens with zero attached hydrogens (tertiary/aromatic N) is 2. The van der Waals surface area contributed by atoms with Gasteiger partial charge < -0.3 is 4.90 Å². The molecule has 0 aromatic rings. The summed E-state index contributed by atoms with van der Waals surface area (Å²) >= 11 is -2.05. The Bertz CT molecular complexity index is 221. The van der Waals surface area contributed by atoms with Gasteiger partial charge >= 0.3 is 0 Å². The van der Waals surface area contributed by atoms with Crippen LogP contribution in [0.15, 0.2) is 0 Å². The summed E-state index contributed by atoms with van der Waals surface area (Å²) < 4.78 is 20.5. The maximum Gasteiger partial charge on any atom is 0.240 e. The van der Waals surface area contributed by atoms with Gasteiger partial charge in [0.1, 0.15) is 6.04 Å². The maximum atomic E-state index is 11.3. The highest BCUT2D eigenvalue weighted by atomic mass is 32.2. The third kappa shape index (κ3) is 1.65. The molecule has 1 N–H and O–H groups in total. The number of carbonyl (C=O) groups is 1. The summed E-state index contributed by atoms with van der Waals surface area (Å²) in [6, 6.07) is -0.430. The van der Waals surface area contributed by atoms with E-state index < -0.39 is 17.3 Å². The summed E-state index contributed by atoms with van der Waals surface area (Å²) in [5, 5.41) is 0. The van der Waals surface area contributed by atoms with E-state index in [1.54, 1.807) is 11.9 Å². The minimum absolute atomic E-state index is 0.0834. The van der Waals surface area contributed by atoms with E-state index in [0.717, 1.165) is 0 Å². The molecule has 0 spiro atoms. The second-order valence-corrected chi connectivity index (χ2v) is 3.88. The van der Waals surface area contributed by atoms with Crippen LogP contribution in [-0.4, -0.2) is 50.6 Å². The summed E-state index contributed by atoms with van der Waals surface area (Å²) in [6.45, 7) is 0.658. The molecule has 1 saturated heterocycles. The molecule has 2 atom stereocenters. The average Bonchev–Trinajstić information content (AvgIpc) is 2.32. The molecule has 1 heterocycles. The van der Waals surface area contributed by atoms with Gasteiger partial charge in [-0.15, -0.1) is 0 Å². The largest absolute Gasteiger partial charge is 0.344 e. The van der Waals surface area contributed by atoms with Gasteiger partial charge in [-0.3, -0.25) is 9.35 Å². The minimum Gasteiger partial charge on any atom is -0.344 e. The zero-order valence-corrected chi connectivity index (χ0v) is 7.87. The van der Waals surface area contributed by atoms with Crippen LogP contribution in [0.5, 0.6) is 0 Å².